The summed E-state index contributed by atoms with van der Waals surface area (Å²) in [4.78, 5) is 14.2. The SMILES string of the molecule is Cc1ccc(C(=O)N2CCc3ccc(N)cc32)cc1F. The molecule has 3 rings (SSSR count). The van der Waals surface area contributed by atoms with Gasteiger partial charge < -0.3 is 10.6 Å². The van der Waals surface area contributed by atoms with E-state index in [1.807, 2.05) is 12.1 Å². The first-order valence-corrected chi connectivity index (χ1v) is 6.52. The van der Waals surface area contributed by atoms with E-state index >= 15 is 0 Å². The Kier molecular flexibility index (Phi) is 2.93. The standard InChI is InChI=1S/C16H15FN2O/c1-10-2-3-12(8-14(10)17)16(20)19-7-6-11-4-5-13(18)9-15(11)19/h2-5,8-9H,6-7,18H2,1H3. The van der Waals surface area contributed by atoms with Crippen molar-refractivity contribution in [3.63, 3.8) is 0 Å². The quantitative estimate of drug-likeness (QED) is 0.810. The van der Waals surface area contributed by atoms with Crippen LogP contribution in [-0.4, -0.2) is 12.5 Å². The van der Waals surface area contributed by atoms with Crippen molar-refractivity contribution in [3.05, 3.63) is 58.9 Å². The highest BCUT2D eigenvalue weighted by atomic mass is 19.1. The molecule has 20 heavy (non-hydrogen) atoms. The lowest BCUT2D eigenvalue weighted by Crippen LogP contribution is -2.29. The van der Waals surface area contributed by atoms with Gasteiger partial charge in [0, 0.05) is 23.5 Å². The van der Waals surface area contributed by atoms with Crippen LogP contribution < -0.4 is 10.6 Å². The Morgan fingerprint density at radius 2 is 2.05 bits per heavy atom. The van der Waals surface area contributed by atoms with E-state index in [1.54, 1.807) is 30.0 Å². The van der Waals surface area contributed by atoms with Crippen molar-refractivity contribution in [1.82, 2.24) is 0 Å². The lowest BCUT2D eigenvalue weighted by Gasteiger charge is -2.18. The van der Waals surface area contributed by atoms with Crippen molar-refractivity contribution in [3.8, 4) is 0 Å². The Balaban J connectivity index is 1.97. The van der Waals surface area contributed by atoms with Crippen LogP contribution in [0.5, 0.6) is 0 Å². The largest absolute Gasteiger partial charge is 0.399 e. The molecule has 2 N–H and O–H groups in total. The number of nitrogens with zero attached hydrogens (tertiary/aromatic N) is 1. The molecule has 1 aliphatic rings. The van der Waals surface area contributed by atoms with Crippen LogP contribution in [0.3, 0.4) is 0 Å². The highest BCUT2D eigenvalue weighted by molar-refractivity contribution is 6.07. The number of hydrogen-bond donors (Lipinski definition) is 1. The van der Waals surface area contributed by atoms with Gasteiger partial charge in [0.05, 0.1) is 0 Å². The molecule has 2 aromatic rings. The monoisotopic (exact) mass is 270 g/mol. The minimum absolute atomic E-state index is 0.187. The number of aryl methyl sites for hydroxylation is 1. The van der Waals surface area contributed by atoms with Gasteiger partial charge in [-0.2, -0.15) is 0 Å². The number of nitrogen functional groups attached to an aromatic ring is 1. The van der Waals surface area contributed by atoms with E-state index in [0.717, 1.165) is 17.7 Å². The summed E-state index contributed by atoms with van der Waals surface area (Å²) in [6.45, 7) is 2.28. The van der Waals surface area contributed by atoms with Crippen LogP contribution >= 0.6 is 0 Å². The fraction of sp³-hybridized carbons (Fsp3) is 0.188. The van der Waals surface area contributed by atoms with Crippen LogP contribution in [-0.2, 0) is 6.42 Å². The van der Waals surface area contributed by atoms with Crippen molar-refractivity contribution in [2.45, 2.75) is 13.3 Å². The van der Waals surface area contributed by atoms with Gasteiger partial charge in [-0.1, -0.05) is 12.1 Å². The molecule has 1 amide bonds. The Morgan fingerprint density at radius 1 is 1.25 bits per heavy atom. The van der Waals surface area contributed by atoms with Gasteiger partial charge in [-0.3, -0.25) is 4.79 Å². The average Bonchev–Trinajstić information content (AvgIpc) is 2.84. The number of benzene rings is 2. The third-order valence-electron chi connectivity index (χ3n) is 3.67. The van der Waals surface area contributed by atoms with Crippen LogP contribution in [0.25, 0.3) is 0 Å². The molecule has 0 unspecified atom stereocenters. The molecule has 0 radical (unpaired) electrons. The number of amides is 1. The third kappa shape index (κ3) is 2.03. The average molecular weight is 270 g/mol. The molecular formula is C16H15FN2O. The van der Waals surface area contributed by atoms with E-state index in [9.17, 15) is 9.18 Å². The zero-order valence-electron chi connectivity index (χ0n) is 11.2. The highest BCUT2D eigenvalue weighted by Crippen LogP contribution is 2.31. The molecule has 0 aromatic heterocycles. The van der Waals surface area contributed by atoms with Gasteiger partial charge in [0.25, 0.3) is 5.91 Å². The lowest BCUT2D eigenvalue weighted by molar-refractivity contribution is 0.0989. The second kappa shape index (κ2) is 4.63. The number of fused-ring (bicyclic) bond motifs is 1. The fourth-order valence-electron chi connectivity index (χ4n) is 2.49. The maximum Gasteiger partial charge on any atom is 0.258 e. The number of halogens is 1. The van der Waals surface area contributed by atoms with Gasteiger partial charge in [-0.15, -0.1) is 0 Å². The third-order valence-corrected chi connectivity index (χ3v) is 3.67. The van der Waals surface area contributed by atoms with Gasteiger partial charge in [0.1, 0.15) is 5.82 Å². The molecule has 3 nitrogen and oxygen atoms in total. The summed E-state index contributed by atoms with van der Waals surface area (Å²) in [7, 11) is 0. The van der Waals surface area contributed by atoms with Crippen LogP contribution in [0.15, 0.2) is 36.4 Å². The summed E-state index contributed by atoms with van der Waals surface area (Å²) in [5.41, 5.74) is 9.23. The topological polar surface area (TPSA) is 46.3 Å². The molecule has 0 bridgehead atoms. The molecule has 1 aliphatic heterocycles. The number of hydrogen-bond acceptors (Lipinski definition) is 2. The lowest BCUT2D eigenvalue weighted by atomic mass is 10.1. The maximum atomic E-state index is 13.6. The summed E-state index contributed by atoms with van der Waals surface area (Å²) in [6, 6.07) is 10.1. The van der Waals surface area contributed by atoms with E-state index < -0.39 is 0 Å². The molecule has 1 heterocycles. The molecule has 0 saturated carbocycles. The van der Waals surface area contributed by atoms with E-state index in [4.69, 9.17) is 5.73 Å². The second-order valence-corrected chi connectivity index (χ2v) is 5.06. The Bertz CT molecular complexity index is 697. The van der Waals surface area contributed by atoms with Crippen molar-refractivity contribution in [2.75, 3.05) is 17.2 Å². The zero-order chi connectivity index (χ0) is 14.3. The first-order valence-electron chi connectivity index (χ1n) is 6.52. The maximum absolute atomic E-state index is 13.6. The molecule has 102 valence electrons. The van der Waals surface area contributed by atoms with Gasteiger partial charge >= 0.3 is 0 Å². The molecule has 4 heteroatoms. The van der Waals surface area contributed by atoms with Gasteiger partial charge in [-0.05, 0) is 48.7 Å². The van der Waals surface area contributed by atoms with Crippen LogP contribution in [0, 0.1) is 12.7 Å². The van der Waals surface area contributed by atoms with E-state index in [0.29, 0.717) is 23.4 Å². The molecule has 0 atom stereocenters. The summed E-state index contributed by atoms with van der Waals surface area (Å²) in [6.07, 6.45) is 0.801. The van der Waals surface area contributed by atoms with E-state index in [-0.39, 0.29) is 11.7 Å². The number of anilines is 2. The minimum Gasteiger partial charge on any atom is -0.399 e. The zero-order valence-corrected chi connectivity index (χ0v) is 11.2. The fourth-order valence-corrected chi connectivity index (χ4v) is 2.49. The van der Waals surface area contributed by atoms with Gasteiger partial charge in [0.2, 0.25) is 0 Å². The molecule has 0 fully saturated rings. The van der Waals surface area contributed by atoms with Crippen molar-refractivity contribution < 1.29 is 9.18 Å². The molecule has 2 aromatic carbocycles. The summed E-state index contributed by atoms with van der Waals surface area (Å²) >= 11 is 0. The predicted molar refractivity (Wildman–Crippen MR) is 77.4 cm³/mol. The van der Waals surface area contributed by atoms with E-state index in [2.05, 4.69) is 0 Å². The highest BCUT2D eigenvalue weighted by Gasteiger charge is 2.25. The van der Waals surface area contributed by atoms with Crippen molar-refractivity contribution in [1.29, 1.82) is 0 Å². The first kappa shape index (κ1) is 12.7. The Labute approximate surface area is 116 Å². The number of rotatable bonds is 1. The number of nitrogens with two attached hydrogens (primary N) is 1. The van der Waals surface area contributed by atoms with Gasteiger partial charge in [-0.25, -0.2) is 4.39 Å². The smallest absolute Gasteiger partial charge is 0.258 e. The normalized spacial score (nSPS) is 13.4. The van der Waals surface area contributed by atoms with Crippen LogP contribution in [0.1, 0.15) is 21.5 Å². The minimum atomic E-state index is -0.358. The molecule has 0 spiro atoms. The summed E-state index contributed by atoms with van der Waals surface area (Å²) in [5, 5.41) is 0. The number of carbonyl (C=O) groups is 1. The predicted octanol–water partition coefficient (Wildman–Crippen LogP) is 2.92. The molecule has 0 aliphatic carbocycles. The van der Waals surface area contributed by atoms with Crippen molar-refractivity contribution in [2.24, 2.45) is 0 Å². The molecule has 0 saturated heterocycles. The Hall–Kier alpha value is -2.36. The number of carbonyl (C=O) groups excluding carboxylic acids is 1. The Morgan fingerprint density at radius 3 is 2.80 bits per heavy atom. The van der Waals surface area contributed by atoms with E-state index in [1.165, 1.54) is 6.07 Å². The van der Waals surface area contributed by atoms with Crippen LogP contribution in [0.4, 0.5) is 15.8 Å². The summed E-state index contributed by atoms with van der Waals surface area (Å²) < 4.78 is 13.6. The van der Waals surface area contributed by atoms with Crippen LogP contribution in [0.2, 0.25) is 0 Å². The van der Waals surface area contributed by atoms with Gasteiger partial charge in [0.15, 0.2) is 0 Å². The first-order chi connectivity index (χ1) is 9.56. The molecular weight excluding hydrogens is 255 g/mol. The second-order valence-electron chi connectivity index (χ2n) is 5.06. The summed E-state index contributed by atoms with van der Waals surface area (Å²) in [5.74, 6) is -0.545. The van der Waals surface area contributed by atoms with Crippen molar-refractivity contribution >= 4 is 17.3 Å².